The van der Waals surface area contributed by atoms with E-state index in [0.717, 1.165) is 31.6 Å². The van der Waals surface area contributed by atoms with Gasteiger partial charge >= 0.3 is 0 Å². The van der Waals surface area contributed by atoms with Crippen LogP contribution >= 0.6 is 24.8 Å². The van der Waals surface area contributed by atoms with Crippen molar-refractivity contribution in [1.82, 2.24) is 4.90 Å². The summed E-state index contributed by atoms with van der Waals surface area (Å²) in [6.45, 7) is 2.40. The van der Waals surface area contributed by atoms with Gasteiger partial charge in [-0.25, -0.2) is 0 Å². The van der Waals surface area contributed by atoms with Crippen LogP contribution in [-0.4, -0.2) is 36.3 Å². The molecule has 2 amide bonds. The maximum Gasteiger partial charge on any atom is 0.255 e. The van der Waals surface area contributed by atoms with Gasteiger partial charge in [0.2, 0.25) is 5.91 Å². The van der Waals surface area contributed by atoms with Crippen molar-refractivity contribution in [2.24, 2.45) is 0 Å². The molecule has 8 heteroatoms. The molecule has 1 aliphatic rings. The number of hydrogen-bond acceptors (Lipinski definition) is 4. The Morgan fingerprint density at radius 3 is 2.03 bits per heavy atom. The highest BCUT2D eigenvalue weighted by molar-refractivity contribution is 6.04. The van der Waals surface area contributed by atoms with E-state index in [4.69, 9.17) is 5.73 Å². The standard InChI is InChI=1S/C21H26N4O2.2ClH/c22-17-7-5-6-16(14-17)21(27)24-19-10-8-18(9-11-19)23-20(26)15-25-12-3-1-2-4-13-25;;/h5-11,14H,1-4,12-13,15,22H2,(H,23,26)(H,24,27);2*1H. The highest BCUT2D eigenvalue weighted by Gasteiger charge is 2.13. The number of nitrogen functional groups attached to an aromatic ring is 1. The van der Waals surface area contributed by atoms with Crippen LogP contribution in [0.4, 0.5) is 17.1 Å². The third-order valence-corrected chi connectivity index (χ3v) is 4.64. The third-order valence-electron chi connectivity index (χ3n) is 4.64. The molecule has 0 unspecified atom stereocenters. The second-order valence-corrected chi connectivity index (χ2v) is 6.90. The lowest BCUT2D eigenvalue weighted by molar-refractivity contribution is -0.117. The van der Waals surface area contributed by atoms with Crippen LogP contribution in [0.5, 0.6) is 0 Å². The van der Waals surface area contributed by atoms with E-state index in [1.165, 1.54) is 12.8 Å². The number of anilines is 3. The predicted octanol–water partition coefficient (Wildman–Crippen LogP) is 4.18. The van der Waals surface area contributed by atoms with Gasteiger partial charge in [-0.15, -0.1) is 24.8 Å². The summed E-state index contributed by atoms with van der Waals surface area (Å²) in [4.78, 5) is 26.7. The molecular formula is C21H28Cl2N4O2. The SMILES string of the molecule is Cl.Cl.Nc1cccc(C(=O)Nc2ccc(NC(=O)CN3CCCCCC3)cc2)c1. The highest BCUT2D eigenvalue weighted by Crippen LogP contribution is 2.16. The van der Waals surface area contributed by atoms with Crippen LogP contribution in [0, 0.1) is 0 Å². The van der Waals surface area contributed by atoms with Gasteiger partial charge < -0.3 is 16.4 Å². The molecule has 0 aliphatic carbocycles. The van der Waals surface area contributed by atoms with Crippen LogP contribution < -0.4 is 16.4 Å². The molecule has 4 N–H and O–H groups in total. The van der Waals surface area contributed by atoms with Gasteiger partial charge in [0.1, 0.15) is 0 Å². The summed E-state index contributed by atoms with van der Waals surface area (Å²) in [6.07, 6.45) is 4.82. The van der Waals surface area contributed by atoms with Crippen molar-refractivity contribution in [2.75, 3.05) is 36.0 Å². The third kappa shape index (κ3) is 7.93. The van der Waals surface area contributed by atoms with Gasteiger partial charge in [-0.3, -0.25) is 14.5 Å². The number of nitrogens with two attached hydrogens (primary N) is 1. The average Bonchev–Trinajstić information content (AvgIpc) is 2.92. The number of nitrogens with one attached hydrogen (secondary N) is 2. The van der Waals surface area contributed by atoms with E-state index < -0.39 is 0 Å². The molecule has 1 saturated heterocycles. The van der Waals surface area contributed by atoms with E-state index in [-0.39, 0.29) is 36.6 Å². The van der Waals surface area contributed by atoms with E-state index in [1.807, 2.05) is 0 Å². The topological polar surface area (TPSA) is 87.5 Å². The van der Waals surface area contributed by atoms with Crippen LogP contribution in [0.25, 0.3) is 0 Å². The van der Waals surface area contributed by atoms with Crippen LogP contribution in [0.3, 0.4) is 0 Å². The van der Waals surface area contributed by atoms with E-state index in [9.17, 15) is 9.59 Å². The number of rotatable bonds is 5. The molecule has 29 heavy (non-hydrogen) atoms. The van der Waals surface area contributed by atoms with Gasteiger partial charge in [0, 0.05) is 22.6 Å². The van der Waals surface area contributed by atoms with Gasteiger partial charge in [-0.1, -0.05) is 18.9 Å². The molecular weight excluding hydrogens is 411 g/mol. The Morgan fingerprint density at radius 1 is 0.862 bits per heavy atom. The molecule has 1 fully saturated rings. The van der Waals surface area contributed by atoms with Gasteiger partial charge in [-0.2, -0.15) is 0 Å². The lowest BCUT2D eigenvalue weighted by atomic mass is 10.2. The zero-order valence-corrected chi connectivity index (χ0v) is 17.9. The number of amides is 2. The summed E-state index contributed by atoms with van der Waals surface area (Å²) in [5.41, 5.74) is 8.14. The molecule has 0 aromatic heterocycles. The van der Waals surface area contributed by atoms with E-state index >= 15 is 0 Å². The van der Waals surface area contributed by atoms with Crippen LogP contribution in [0.2, 0.25) is 0 Å². The Morgan fingerprint density at radius 2 is 1.45 bits per heavy atom. The summed E-state index contributed by atoms with van der Waals surface area (Å²) in [6, 6.07) is 13.9. The Labute approximate surface area is 184 Å². The van der Waals surface area contributed by atoms with Crippen molar-refractivity contribution in [2.45, 2.75) is 25.7 Å². The molecule has 1 heterocycles. The Bertz CT molecular complexity index is 792. The molecule has 1 aliphatic heterocycles. The monoisotopic (exact) mass is 438 g/mol. The zero-order chi connectivity index (χ0) is 19.1. The number of hydrogen-bond donors (Lipinski definition) is 3. The first-order valence-electron chi connectivity index (χ1n) is 9.39. The largest absolute Gasteiger partial charge is 0.399 e. The average molecular weight is 439 g/mol. The van der Waals surface area contributed by atoms with Crippen molar-refractivity contribution >= 4 is 53.7 Å². The molecule has 2 aromatic rings. The minimum atomic E-state index is -0.222. The molecule has 0 bridgehead atoms. The minimum absolute atomic E-state index is 0. The molecule has 158 valence electrons. The van der Waals surface area contributed by atoms with Crippen molar-refractivity contribution in [1.29, 1.82) is 0 Å². The first-order chi connectivity index (χ1) is 13.1. The fraction of sp³-hybridized carbons (Fsp3) is 0.333. The predicted molar refractivity (Wildman–Crippen MR) is 123 cm³/mol. The van der Waals surface area contributed by atoms with Crippen molar-refractivity contribution in [3.63, 3.8) is 0 Å². The molecule has 0 spiro atoms. The number of likely N-dealkylation sites (tertiary alicyclic amines) is 1. The Hall–Kier alpha value is -2.28. The first kappa shape index (κ1) is 24.8. The smallest absolute Gasteiger partial charge is 0.255 e. The Kier molecular flexibility index (Phi) is 10.5. The van der Waals surface area contributed by atoms with Crippen LogP contribution in [0.1, 0.15) is 36.0 Å². The normalized spacial score (nSPS) is 13.9. The van der Waals surface area contributed by atoms with Crippen molar-refractivity contribution in [3.8, 4) is 0 Å². The summed E-state index contributed by atoms with van der Waals surface area (Å²) < 4.78 is 0. The van der Waals surface area contributed by atoms with Gasteiger partial charge in [0.15, 0.2) is 0 Å². The van der Waals surface area contributed by atoms with Crippen molar-refractivity contribution < 1.29 is 9.59 Å². The lowest BCUT2D eigenvalue weighted by Gasteiger charge is -2.19. The summed E-state index contributed by atoms with van der Waals surface area (Å²) in [5, 5.41) is 5.74. The van der Waals surface area contributed by atoms with E-state index in [0.29, 0.717) is 23.5 Å². The summed E-state index contributed by atoms with van der Waals surface area (Å²) >= 11 is 0. The van der Waals surface area contributed by atoms with Crippen molar-refractivity contribution in [3.05, 3.63) is 54.1 Å². The van der Waals surface area contributed by atoms with Gasteiger partial charge in [0.05, 0.1) is 6.54 Å². The maximum atomic E-state index is 12.2. The maximum absolute atomic E-state index is 12.2. The number of nitrogens with zero attached hydrogens (tertiary/aromatic N) is 1. The van der Waals surface area contributed by atoms with Gasteiger partial charge in [0.25, 0.3) is 5.91 Å². The van der Waals surface area contributed by atoms with E-state index in [2.05, 4.69) is 15.5 Å². The van der Waals surface area contributed by atoms with Crippen LogP contribution in [-0.2, 0) is 4.79 Å². The summed E-state index contributed by atoms with van der Waals surface area (Å²) in [7, 11) is 0. The number of carbonyl (C=O) groups is 2. The highest BCUT2D eigenvalue weighted by atomic mass is 35.5. The molecule has 0 saturated carbocycles. The second kappa shape index (κ2) is 12.3. The lowest BCUT2D eigenvalue weighted by Crippen LogP contribution is -2.33. The fourth-order valence-electron chi connectivity index (χ4n) is 3.22. The molecule has 3 rings (SSSR count). The molecule has 2 aromatic carbocycles. The van der Waals surface area contributed by atoms with E-state index in [1.54, 1.807) is 48.5 Å². The van der Waals surface area contributed by atoms with Crippen LogP contribution in [0.15, 0.2) is 48.5 Å². The number of carbonyl (C=O) groups excluding carboxylic acids is 2. The van der Waals surface area contributed by atoms with Gasteiger partial charge in [-0.05, 0) is 68.4 Å². The first-order valence-corrected chi connectivity index (χ1v) is 9.39. The number of halogens is 2. The quantitative estimate of drug-likeness (QED) is 0.610. The molecule has 6 nitrogen and oxygen atoms in total. The fourth-order valence-corrected chi connectivity index (χ4v) is 3.22. The Balaban J connectivity index is 0.00000210. The zero-order valence-electron chi connectivity index (χ0n) is 16.2. The molecule has 0 atom stereocenters. The molecule has 0 radical (unpaired) electrons. The second-order valence-electron chi connectivity index (χ2n) is 6.90. The summed E-state index contributed by atoms with van der Waals surface area (Å²) in [5.74, 6) is -0.228. The number of benzene rings is 2. The minimum Gasteiger partial charge on any atom is -0.399 e.